The summed E-state index contributed by atoms with van der Waals surface area (Å²) in [5.41, 5.74) is 11.2. The third kappa shape index (κ3) is 9.00. The fraction of sp³-hybridized carbons (Fsp3) is 0.282. The molecule has 5 aromatic rings. The number of imidazole rings is 1. The highest BCUT2D eigenvalue weighted by atomic mass is 16.5. The molecule has 0 unspecified atom stereocenters. The summed E-state index contributed by atoms with van der Waals surface area (Å²) in [7, 11) is 6.55. The second-order valence-corrected chi connectivity index (χ2v) is 11.3. The van der Waals surface area contributed by atoms with Gasteiger partial charge in [-0.3, -0.25) is 4.79 Å². The van der Waals surface area contributed by atoms with E-state index in [0.29, 0.717) is 68.9 Å². The Kier molecular flexibility index (Phi) is 12.8. The lowest BCUT2D eigenvalue weighted by molar-refractivity contribution is 0.0511. The van der Waals surface area contributed by atoms with E-state index in [-0.39, 0.29) is 5.91 Å². The lowest BCUT2D eigenvalue weighted by Gasteiger charge is -2.16. The first-order chi connectivity index (χ1) is 24.5. The smallest absolute Gasteiger partial charge is 0.251 e. The van der Waals surface area contributed by atoms with Crippen LogP contribution in [0.1, 0.15) is 15.9 Å². The maximum absolute atomic E-state index is 12.9. The molecule has 0 fully saturated rings. The highest BCUT2D eigenvalue weighted by Gasteiger charge is 2.23. The molecule has 4 aromatic carbocycles. The van der Waals surface area contributed by atoms with Crippen molar-refractivity contribution in [2.45, 2.75) is 6.54 Å². The van der Waals surface area contributed by atoms with E-state index in [0.717, 1.165) is 45.1 Å². The molecule has 0 saturated carbocycles. The van der Waals surface area contributed by atoms with Crippen LogP contribution >= 0.6 is 0 Å². The molecule has 5 rings (SSSR count). The number of hydrogen-bond donors (Lipinski definition) is 2. The fourth-order valence-electron chi connectivity index (χ4n) is 5.49. The SMILES string of the molecule is COc1cccc(-c2nc(-c3cc(OC)cc(OC)c3)n(Cc3ccc(C(=O)NCCOCCOCCN)cc3)c2-c2cccc(OC)c2)c1. The van der Waals surface area contributed by atoms with Gasteiger partial charge in [-0.05, 0) is 54.1 Å². The Bertz CT molecular complexity index is 1830. The molecule has 1 amide bonds. The second-order valence-electron chi connectivity index (χ2n) is 11.3. The van der Waals surface area contributed by atoms with Crippen molar-refractivity contribution in [2.75, 3.05) is 68.0 Å². The van der Waals surface area contributed by atoms with Gasteiger partial charge in [0.15, 0.2) is 0 Å². The van der Waals surface area contributed by atoms with Gasteiger partial charge < -0.3 is 44.0 Å². The summed E-state index contributed by atoms with van der Waals surface area (Å²) in [5.74, 6) is 3.24. The Morgan fingerprint density at radius 1 is 0.680 bits per heavy atom. The molecular weight excluding hydrogens is 636 g/mol. The summed E-state index contributed by atoms with van der Waals surface area (Å²) in [6.45, 7) is 3.11. The molecule has 0 aliphatic carbocycles. The summed E-state index contributed by atoms with van der Waals surface area (Å²) in [6, 6.07) is 29.0. The molecule has 0 spiro atoms. The number of carbonyl (C=O) groups is 1. The monoisotopic (exact) mass is 680 g/mol. The summed E-state index contributed by atoms with van der Waals surface area (Å²) >= 11 is 0. The maximum Gasteiger partial charge on any atom is 0.251 e. The van der Waals surface area contributed by atoms with Crippen molar-refractivity contribution < 1.29 is 33.2 Å². The van der Waals surface area contributed by atoms with E-state index in [1.54, 1.807) is 28.4 Å². The molecule has 1 aromatic heterocycles. The van der Waals surface area contributed by atoms with Crippen LogP contribution in [-0.4, -0.2) is 83.4 Å². The van der Waals surface area contributed by atoms with Crippen LogP contribution in [0.25, 0.3) is 33.9 Å². The van der Waals surface area contributed by atoms with Gasteiger partial charge in [0.1, 0.15) is 28.8 Å². The van der Waals surface area contributed by atoms with E-state index in [2.05, 4.69) is 9.88 Å². The van der Waals surface area contributed by atoms with E-state index >= 15 is 0 Å². The maximum atomic E-state index is 12.9. The summed E-state index contributed by atoms with van der Waals surface area (Å²) in [4.78, 5) is 18.2. The van der Waals surface area contributed by atoms with Crippen molar-refractivity contribution in [1.82, 2.24) is 14.9 Å². The highest BCUT2D eigenvalue weighted by molar-refractivity contribution is 5.94. The second kappa shape index (κ2) is 17.9. The van der Waals surface area contributed by atoms with Gasteiger partial charge in [-0.25, -0.2) is 4.98 Å². The first-order valence-electron chi connectivity index (χ1n) is 16.3. The van der Waals surface area contributed by atoms with E-state index in [9.17, 15) is 4.79 Å². The highest BCUT2D eigenvalue weighted by Crippen LogP contribution is 2.40. The van der Waals surface area contributed by atoms with Gasteiger partial charge in [0.2, 0.25) is 0 Å². The van der Waals surface area contributed by atoms with Crippen molar-refractivity contribution in [2.24, 2.45) is 5.73 Å². The van der Waals surface area contributed by atoms with E-state index in [1.807, 2.05) is 91.0 Å². The molecule has 0 bridgehead atoms. The number of benzene rings is 4. The fourth-order valence-corrected chi connectivity index (χ4v) is 5.49. The minimum Gasteiger partial charge on any atom is -0.497 e. The van der Waals surface area contributed by atoms with Gasteiger partial charge >= 0.3 is 0 Å². The zero-order valence-corrected chi connectivity index (χ0v) is 28.9. The molecule has 11 nitrogen and oxygen atoms in total. The molecular formula is C39H44N4O7. The van der Waals surface area contributed by atoms with E-state index < -0.39 is 0 Å². The number of aromatic nitrogens is 2. The molecule has 0 radical (unpaired) electrons. The van der Waals surface area contributed by atoms with Crippen molar-refractivity contribution in [3.63, 3.8) is 0 Å². The Morgan fingerprint density at radius 3 is 1.88 bits per heavy atom. The summed E-state index contributed by atoms with van der Waals surface area (Å²) < 4.78 is 35.5. The molecule has 0 atom stereocenters. The standard InChI is InChI=1S/C39H44N4O7/c1-45-32-9-5-7-29(21-32)36-37(30-8-6-10-33(22-30)46-2)43(38(42-36)31-23-34(47-3)25-35(24-31)48-4)26-27-11-13-28(14-12-27)39(44)41-16-18-50-20-19-49-17-15-40/h5-14,21-25H,15-20,26,40H2,1-4H3,(H,41,44). The van der Waals surface area contributed by atoms with Gasteiger partial charge in [-0.15, -0.1) is 0 Å². The van der Waals surface area contributed by atoms with Crippen molar-refractivity contribution in [1.29, 1.82) is 0 Å². The molecule has 3 N–H and O–H groups in total. The number of rotatable bonds is 18. The number of nitrogens with one attached hydrogen (secondary N) is 1. The number of ether oxygens (including phenoxy) is 6. The van der Waals surface area contributed by atoms with E-state index in [4.69, 9.17) is 39.1 Å². The number of nitrogens with zero attached hydrogens (tertiary/aromatic N) is 2. The summed E-state index contributed by atoms with van der Waals surface area (Å²) in [5, 5.41) is 2.91. The third-order valence-electron chi connectivity index (χ3n) is 7.99. The number of amides is 1. The normalized spacial score (nSPS) is 10.9. The molecule has 0 saturated heterocycles. The zero-order chi connectivity index (χ0) is 35.3. The zero-order valence-electron chi connectivity index (χ0n) is 28.9. The quantitative estimate of drug-likeness (QED) is 0.112. The van der Waals surface area contributed by atoms with Gasteiger partial charge in [-0.1, -0.05) is 36.4 Å². The predicted octanol–water partition coefficient (Wildman–Crippen LogP) is 5.69. The van der Waals surface area contributed by atoms with Crippen LogP contribution in [0.4, 0.5) is 0 Å². The predicted molar refractivity (Wildman–Crippen MR) is 193 cm³/mol. The lowest BCUT2D eigenvalue weighted by Crippen LogP contribution is -2.27. The van der Waals surface area contributed by atoms with Gasteiger partial charge in [0.05, 0.1) is 66.3 Å². The minimum atomic E-state index is -0.177. The van der Waals surface area contributed by atoms with Crippen LogP contribution in [0.5, 0.6) is 23.0 Å². The van der Waals surface area contributed by atoms with Gasteiger partial charge in [0.25, 0.3) is 5.91 Å². The van der Waals surface area contributed by atoms with Gasteiger partial charge in [-0.2, -0.15) is 0 Å². The van der Waals surface area contributed by atoms with Crippen LogP contribution in [0, 0.1) is 0 Å². The van der Waals surface area contributed by atoms with Crippen LogP contribution in [0.15, 0.2) is 91.0 Å². The van der Waals surface area contributed by atoms with Crippen molar-refractivity contribution >= 4 is 5.91 Å². The third-order valence-corrected chi connectivity index (χ3v) is 7.99. The van der Waals surface area contributed by atoms with E-state index in [1.165, 1.54) is 0 Å². The minimum absolute atomic E-state index is 0.177. The number of hydrogen-bond acceptors (Lipinski definition) is 9. The molecule has 50 heavy (non-hydrogen) atoms. The van der Waals surface area contributed by atoms with Crippen molar-refractivity contribution in [3.8, 4) is 56.9 Å². The van der Waals surface area contributed by atoms with Crippen LogP contribution in [-0.2, 0) is 16.0 Å². The van der Waals surface area contributed by atoms with Crippen molar-refractivity contribution in [3.05, 3.63) is 102 Å². The molecule has 262 valence electrons. The molecule has 0 aliphatic rings. The average Bonchev–Trinajstić information content (AvgIpc) is 3.54. The lowest BCUT2D eigenvalue weighted by atomic mass is 10.0. The largest absolute Gasteiger partial charge is 0.497 e. The Hall–Kier alpha value is -5.36. The Balaban J connectivity index is 1.52. The Morgan fingerprint density at radius 2 is 1.26 bits per heavy atom. The molecule has 1 heterocycles. The number of methoxy groups -OCH3 is 4. The number of nitrogens with two attached hydrogens (primary N) is 1. The molecule has 11 heteroatoms. The average molecular weight is 681 g/mol. The first-order valence-corrected chi connectivity index (χ1v) is 16.3. The Labute approximate surface area is 292 Å². The van der Waals surface area contributed by atoms with Crippen LogP contribution in [0.3, 0.4) is 0 Å². The summed E-state index contributed by atoms with van der Waals surface area (Å²) in [6.07, 6.45) is 0. The van der Waals surface area contributed by atoms with Gasteiger partial charge in [0, 0.05) is 48.0 Å². The van der Waals surface area contributed by atoms with Crippen LogP contribution < -0.4 is 30.0 Å². The first kappa shape index (κ1) is 35.9. The topological polar surface area (TPSA) is 128 Å². The molecule has 0 aliphatic heterocycles. The van der Waals surface area contributed by atoms with Crippen LogP contribution in [0.2, 0.25) is 0 Å². The number of carbonyl (C=O) groups excluding carboxylic acids is 1.